The number of carbonyl (C=O) groups excluding carboxylic acids is 7. The Morgan fingerprint density at radius 2 is 1.39 bits per heavy atom. The zero-order valence-corrected chi connectivity index (χ0v) is 26.5. The van der Waals surface area contributed by atoms with Gasteiger partial charge in [0.05, 0.1) is 26.7 Å². The average molecular weight is 655 g/mol. The number of hydrogen-bond donors (Lipinski definition) is 5. The Hall–Kier alpha value is -4.60. The predicted octanol–water partition coefficient (Wildman–Crippen LogP) is 0.218. The number of rotatable bonds is 19. The number of aliphatic hydroxyl groups excluding tert-OH is 1. The second kappa shape index (κ2) is 20.4. The topological polar surface area (TPSA) is 216 Å². The van der Waals surface area contributed by atoms with E-state index in [-0.39, 0.29) is 19.4 Å². The molecule has 0 spiro atoms. The van der Waals surface area contributed by atoms with Crippen molar-refractivity contribution in [3.05, 3.63) is 35.9 Å². The van der Waals surface area contributed by atoms with E-state index >= 15 is 0 Å². The minimum atomic E-state index is -1.74. The number of halogens is 1. The van der Waals surface area contributed by atoms with Gasteiger partial charge in [-0.3, -0.25) is 28.8 Å². The van der Waals surface area contributed by atoms with Crippen molar-refractivity contribution in [2.24, 2.45) is 5.92 Å². The maximum Gasteiger partial charge on any atom is 0.408 e. The van der Waals surface area contributed by atoms with E-state index in [4.69, 9.17) is 4.74 Å². The van der Waals surface area contributed by atoms with Gasteiger partial charge in [0, 0.05) is 6.42 Å². The maximum absolute atomic E-state index is 13.4. The largest absolute Gasteiger partial charge is 0.469 e. The number of methoxy groups -OCH3 is 2. The molecule has 1 aromatic rings. The van der Waals surface area contributed by atoms with E-state index in [0.717, 1.165) is 21.1 Å². The van der Waals surface area contributed by atoms with Crippen molar-refractivity contribution in [2.75, 3.05) is 20.9 Å². The van der Waals surface area contributed by atoms with E-state index in [1.807, 2.05) is 0 Å². The molecule has 0 bridgehead atoms. The predicted molar refractivity (Wildman–Crippen MR) is 159 cm³/mol. The molecule has 6 atom stereocenters. The number of amides is 4. The molecule has 46 heavy (non-hydrogen) atoms. The van der Waals surface area contributed by atoms with Crippen molar-refractivity contribution in [1.29, 1.82) is 0 Å². The van der Waals surface area contributed by atoms with Crippen LogP contribution in [0.2, 0.25) is 0 Å². The smallest absolute Gasteiger partial charge is 0.408 e. The Morgan fingerprint density at radius 1 is 0.804 bits per heavy atom. The third-order valence-corrected chi connectivity index (χ3v) is 6.98. The Kier molecular flexibility index (Phi) is 17.5. The van der Waals surface area contributed by atoms with E-state index in [1.54, 1.807) is 44.2 Å². The molecule has 0 aliphatic carbocycles. The molecule has 0 aliphatic heterocycles. The number of esters is 2. The molecule has 16 heteroatoms. The quantitative estimate of drug-likeness (QED) is 0.100. The highest BCUT2D eigenvalue weighted by molar-refractivity contribution is 5.97. The molecule has 0 aromatic heterocycles. The average Bonchev–Trinajstić information content (AvgIpc) is 3.05. The summed E-state index contributed by atoms with van der Waals surface area (Å²) in [5.74, 6) is -6.20. The number of alkyl halides is 1. The number of aliphatic hydroxyl groups is 1. The number of ether oxygens (including phenoxy) is 3. The standard InChI is InChI=1S/C30H43FN4O11/c1-6-17(2)25(35-30(43)46-16-19-10-8-7-9-11-19)28(41)32-20(12-13-23(38)44-4)27(40)34-26(18(3)36)29(42)33-21(22(37)15-31)14-24(39)45-5/h7-11,17-18,20-21,25-26,36H,6,12-16H2,1-5H3,(H,32,41)(H,33,42)(H,34,40)(H,35,43)/t17-,18+,20+,21+,25+,26-/m0/s1. The number of hydrogen-bond acceptors (Lipinski definition) is 11. The van der Waals surface area contributed by atoms with E-state index in [9.17, 15) is 43.1 Å². The van der Waals surface area contributed by atoms with Crippen LogP contribution in [0.1, 0.15) is 52.0 Å². The summed E-state index contributed by atoms with van der Waals surface area (Å²) in [5.41, 5.74) is 0.712. The first kappa shape index (κ1) is 39.4. The number of Topliss-reactive ketones (excluding diaryl/α,β-unsaturated/α-hetero) is 1. The van der Waals surface area contributed by atoms with Crippen LogP contribution < -0.4 is 21.3 Å². The van der Waals surface area contributed by atoms with Gasteiger partial charge in [-0.1, -0.05) is 50.6 Å². The van der Waals surface area contributed by atoms with Crippen molar-refractivity contribution in [3.8, 4) is 0 Å². The van der Waals surface area contributed by atoms with E-state index in [2.05, 4.69) is 30.7 Å². The molecule has 256 valence electrons. The van der Waals surface area contributed by atoms with Crippen LogP contribution in [0.5, 0.6) is 0 Å². The van der Waals surface area contributed by atoms with Gasteiger partial charge in [0.1, 0.15) is 37.4 Å². The van der Waals surface area contributed by atoms with Crippen LogP contribution in [0.4, 0.5) is 9.18 Å². The van der Waals surface area contributed by atoms with E-state index in [0.29, 0.717) is 12.0 Å². The van der Waals surface area contributed by atoms with Gasteiger partial charge in [0.25, 0.3) is 0 Å². The molecular weight excluding hydrogens is 611 g/mol. The first-order valence-electron chi connectivity index (χ1n) is 14.6. The van der Waals surface area contributed by atoms with Gasteiger partial charge in [0.15, 0.2) is 5.78 Å². The van der Waals surface area contributed by atoms with Crippen molar-refractivity contribution in [1.82, 2.24) is 21.3 Å². The maximum atomic E-state index is 13.4. The number of alkyl carbamates (subject to hydrolysis) is 1. The monoisotopic (exact) mass is 654 g/mol. The summed E-state index contributed by atoms with van der Waals surface area (Å²) in [6, 6.07) is 2.77. The molecule has 0 unspecified atom stereocenters. The van der Waals surface area contributed by atoms with Crippen LogP contribution >= 0.6 is 0 Å². The van der Waals surface area contributed by atoms with Crippen molar-refractivity contribution >= 4 is 41.5 Å². The Balaban J connectivity index is 3.14. The fourth-order valence-corrected chi connectivity index (χ4v) is 4.00. The SMILES string of the molecule is CC[C@H](C)[C@@H](NC(=O)OCc1ccccc1)C(=O)N[C@H](CCC(=O)OC)C(=O)N[C@H](C(=O)N[C@H](CC(=O)OC)C(=O)CF)[C@@H](C)O. The fourth-order valence-electron chi connectivity index (χ4n) is 4.00. The normalized spacial score (nSPS) is 14.6. The molecule has 1 aromatic carbocycles. The summed E-state index contributed by atoms with van der Waals surface area (Å²) in [5, 5.41) is 19.6. The van der Waals surface area contributed by atoms with Crippen LogP contribution in [0.25, 0.3) is 0 Å². The van der Waals surface area contributed by atoms with Crippen LogP contribution in [0, 0.1) is 5.92 Å². The third-order valence-electron chi connectivity index (χ3n) is 6.98. The zero-order chi connectivity index (χ0) is 34.8. The molecule has 1 rings (SSSR count). The van der Waals surface area contributed by atoms with Gasteiger partial charge in [-0.05, 0) is 24.8 Å². The minimum Gasteiger partial charge on any atom is -0.469 e. The Bertz CT molecular complexity index is 1200. The molecule has 0 radical (unpaired) electrons. The number of ketones is 1. The molecule has 15 nitrogen and oxygen atoms in total. The Morgan fingerprint density at radius 3 is 1.93 bits per heavy atom. The first-order valence-corrected chi connectivity index (χ1v) is 14.6. The first-order chi connectivity index (χ1) is 21.8. The summed E-state index contributed by atoms with van der Waals surface area (Å²) in [6.07, 6.45) is -3.39. The molecule has 0 fully saturated rings. The molecule has 4 amide bonds. The summed E-state index contributed by atoms with van der Waals surface area (Å²) in [6.45, 7) is 3.02. The summed E-state index contributed by atoms with van der Waals surface area (Å²) >= 11 is 0. The lowest BCUT2D eigenvalue weighted by Crippen LogP contribution is -2.60. The lowest BCUT2D eigenvalue weighted by molar-refractivity contribution is -0.144. The number of carbonyl (C=O) groups is 7. The van der Waals surface area contributed by atoms with Gasteiger partial charge < -0.3 is 40.6 Å². The highest BCUT2D eigenvalue weighted by atomic mass is 19.1. The lowest BCUT2D eigenvalue weighted by atomic mass is 9.97. The Labute approximate surface area is 266 Å². The highest BCUT2D eigenvalue weighted by Crippen LogP contribution is 2.11. The van der Waals surface area contributed by atoms with Crippen LogP contribution in [0.15, 0.2) is 30.3 Å². The van der Waals surface area contributed by atoms with Crippen LogP contribution in [-0.4, -0.2) is 97.8 Å². The van der Waals surface area contributed by atoms with Crippen molar-refractivity contribution in [2.45, 2.75) is 83.3 Å². The molecular formula is C30H43FN4O11. The second-order valence-electron chi connectivity index (χ2n) is 10.4. The molecule has 0 aliphatic rings. The lowest BCUT2D eigenvalue weighted by Gasteiger charge is -2.28. The van der Waals surface area contributed by atoms with Gasteiger partial charge in [-0.2, -0.15) is 0 Å². The highest BCUT2D eigenvalue weighted by Gasteiger charge is 2.35. The van der Waals surface area contributed by atoms with Crippen LogP contribution in [0.3, 0.4) is 0 Å². The summed E-state index contributed by atoms with van der Waals surface area (Å²) in [4.78, 5) is 87.8. The molecule has 0 heterocycles. The number of nitrogens with one attached hydrogen (secondary N) is 4. The number of benzene rings is 1. The van der Waals surface area contributed by atoms with Gasteiger partial charge in [-0.25, -0.2) is 9.18 Å². The van der Waals surface area contributed by atoms with Crippen molar-refractivity contribution < 1.29 is 57.3 Å². The minimum absolute atomic E-state index is 0.0636. The van der Waals surface area contributed by atoms with Crippen LogP contribution in [-0.2, 0) is 49.6 Å². The summed E-state index contributed by atoms with van der Waals surface area (Å²) in [7, 11) is 2.15. The van der Waals surface area contributed by atoms with Gasteiger partial charge >= 0.3 is 18.0 Å². The fraction of sp³-hybridized carbons (Fsp3) is 0.567. The van der Waals surface area contributed by atoms with E-state index in [1.165, 1.54) is 0 Å². The van der Waals surface area contributed by atoms with Crippen molar-refractivity contribution in [3.63, 3.8) is 0 Å². The van der Waals surface area contributed by atoms with Gasteiger partial charge in [-0.15, -0.1) is 0 Å². The third kappa shape index (κ3) is 13.6. The molecule has 0 saturated heterocycles. The molecule has 0 saturated carbocycles. The summed E-state index contributed by atoms with van der Waals surface area (Å²) < 4.78 is 27.4. The van der Waals surface area contributed by atoms with E-state index < -0.39 is 90.8 Å². The molecule has 5 N–H and O–H groups in total. The zero-order valence-electron chi connectivity index (χ0n) is 26.5. The second-order valence-corrected chi connectivity index (χ2v) is 10.4. The van der Waals surface area contributed by atoms with Gasteiger partial charge in [0.2, 0.25) is 17.7 Å².